The number of ketones is 1. The lowest BCUT2D eigenvalue weighted by Crippen LogP contribution is -2.55. The van der Waals surface area contributed by atoms with Crippen LogP contribution in [0.25, 0.3) is 0 Å². The molecule has 0 aliphatic carbocycles. The van der Waals surface area contributed by atoms with Gasteiger partial charge in [0.1, 0.15) is 17.1 Å². The molecule has 2 bridgehead atoms. The van der Waals surface area contributed by atoms with Gasteiger partial charge in [-0.15, -0.1) is 0 Å². The van der Waals surface area contributed by atoms with Gasteiger partial charge in [-0.1, -0.05) is 36.8 Å². The molecule has 1 aromatic carbocycles. The van der Waals surface area contributed by atoms with Gasteiger partial charge < -0.3 is 19.4 Å². The van der Waals surface area contributed by atoms with Gasteiger partial charge in [-0.2, -0.15) is 0 Å². The second-order valence-electron chi connectivity index (χ2n) is 9.33. The summed E-state index contributed by atoms with van der Waals surface area (Å²) < 4.78 is 12.0. The van der Waals surface area contributed by atoms with E-state index in [0.29, 0.717) is 11.4 Å². The maximum Gasteiger partial charge on any atom is 0.231 e. The van der Waals surface area contributed by atoms with Gasteiger partial charge in [-0.3, -0.25) is 14.4 Å². The largest absolute Gasteiger partial charge is 0.467 e. The zero-order valence-electron chi connectivity index (χ0n) is 17.9. The summed E-state index contributed by atoms with van der Waals surface area (Å²) in [5.74, 6) is -1.44. The molecule has 7 nitrogen and oxygen atoms in total. The van der Waals surface area contributed by atoms with Gasteiger partial charge in [-0.25, -0.2) is 0 Å². The van der Waals surface area contributed by atoms with Gasteiger partial charge in [0.25, 0.3) is 0 Å². The van der Waals surface area contributed by atoms with Crippen LogP contribution in [0.5, 0.6) is 0 Å². The van der Waals surface area contributed by atoms with Crippen LogP contribution in [-0.2, 0) is 19.1 Å². The first-order chi connectivity index (χ1) is 15.4. The summed E-state index contributed by atoms with van der Waals surface area (Å²) in [6.07, 6.45) is 5.05. The van der Waals surface area contributed by atoms with Crippen LogP contribution in [0, 0.1) is 24.7 Å². The lowest BCUT2D eigenvalue weighted by molar-refractivity contribution is -0.147. The average molecular weight is 432 g/mol. The van der Waals surface area contributed by atoms with Gasteiger partial charge in [0.15, 0.2) is 0 Å². The van der Waals surface area contributed by atoms with Crippen molar-refractivity contribution in [2.45, 2.75) is 44.1 Å². The summed E-state index contributed by atoms with van der Waals surface area (Å²) >= 11 is 0. The van der Waals surface area contributed by atoms with E-state index >= 15 is 0 Å². The van der Waals surface area contributed by atoms with E-state index in [1.54, 1.807) is 23.3 Å². The highest BCUT2D eigenvalue weighted by Crippen LogP contribution is 2.59. The fourth-order valence-electron chi connectivity index (χ4n) is 6.13. The smallest absolute Gasteiger partial charge is 0.231 e. The Morgan fingerprint density at radius 1 is 1.19 bits per heavy atom. The highest BCUT2D eigenvalue weighted by molar-refractivity contribution is 6.00. The second-order valence-corrected chi connectivity index (χ2v) is 9.33. The Kier molecular flexibility index (Phi) is 4.05. The van der Waals surface area contributed by atoms with Crippen LogP contribution in [0.1, 0.15) is 30.7 Å². The molecule has 6 rings (SSSR count). The summed E-state index contributed by atoms with van der Waals surface area (Å²) in [6.45, 7) is 3.84. The first kappa shape index (κ1) is 19.5. The molecule has 5 heterocycles. The molecule has 1 N–H and O–H groups in total. The predicted molar refractivity (Wildman–Crippen MR) is 114 cm³/mol. The molecule has 3 fully saturated rings. The van der Waals surface area contributed by atoms with Crippen molar-refractivity contribution in [2.24, 2.45) is 17.8 Å². The predicted octanol–water partition coefficient (Wildman–Crippen LogP) is 3.03. The van der Waals surface area contributed by atoms with E-state index in [0.717, 1.165) is 5.56 Å². The van der Waals surface area contributed by atoms with Crippen molar-refractivity contribution in [3.8, 4) is 0 Å². The van der Waals surface area contributed by atoms with E-state index in [1.165, 1.54) is 0 Å². The number of anilines is 1. The summed E-state index contributed by atoms with van der Waals surface area (Å²) in [5, 5.41) is 2.96. The number of fused-ring (bicyclic) bond motifs is 2. The second kappa shape index (κ2) is 6.65. The number of ether oxygens (including phenoxy) is 1. The maximum atomic E-state index is 13.9. The Bertz CT molecular complexity index is 1140. The van der Waals surface area contributed by atoms with Crippen LogP contribution in [0.4, 0.5) is 5.69 Å². The molecule has 0 saturated carbocycles. The lowest BCUT2D eigenvalue weighted by Gasteiger charge is -2.43. The van der Waals surface area contributed by atoms with E-state index in [9.17, 15) is 14.4 Å². The lowest BCUT2D eigenvalue weighted by atomic mass is 9.70. The number of hydrogen-bond donors (Lipinski definition) is 1. The minimum Gasteiger partial charge on any atom is -0.467 e. The number of amides is 2. The van der Waals surface area contributed by atoms with E-state index < -0.39 is 41.5 Å². The molecule has 7 atom stereocenters. The number of carbonyl (C=O) groups is 3. The normalized spacial score (nSPS) is 37.0. The van der Waals surface area contributed by atoms with Crippen LogP contribution >= 0.6 is 0 Å². The summed E-state index contributed by atoms with van der Waals surface area (Å²) in [5.41, 5.74) is 0.803. The fourth-order valence-corrected chi connectivity index (χ4v) is 6.13. The zero-order chi connectivity index (χ0) is 22.2. The molecule has 1 spiro atoms. The van der Waals surface area contributed by atoms with Crippen LogP contribution in [0.15, 0.2) is 59.2 Å². The van der Waals surface area contributed by atoms with Crippen molar-refractivity contribution in [3.05, 3.63) is 66.1 Å². The maximum absolute atomic E-state index is 13.9. The topological polar surface area (TPSA) is 88.9 Å². The number of piperidine rings is 1. The van der Waals surface area contributed by atoms with Crippen molar-refractivity contribution in [2.75, 3.05) is 5.32 Å². The highest BCUT2D eigenvalue weighted by Gasteiger charge is 2.74. The molecule has 3 saturated heterocycles. The van der Waals surface area contributed by atoms with Gasteiger partial charge in [0.05, 0.1) is 36.3 Å². The van der Waals surface area contributed by atoms with Gasteiger partial charge in [0.2, 0.25) is 11.8 Å². The molecular formula is C25H24N2O5. The quantitative estimate of drug-likeness (QED) is 0.754. The number of rotatable bonds is 3. The number of aryl methyl sites for hydroxylation is 1. The average Bonchev–Trinajstić information content (AvgIpc) is 3.54. The van der Waals surface area contributed by atoms with Crippen LogP contribution in [0.3, 0.4) is 0 Å². The van der Waals surface area contributed by atoms with Crippen molar-refractivity contribution in [3.63, 3.8) is 0 Å². The van der Waals surface area contributed by atoms with Crippen LogP contribution in [-0.4, -0.2) is 40.2 Å². The fraction of sp³-hybridized carbons (Fsp3) is 0.400. The number of benzene rings is 1. The third kappa shape index (κ3) is 2.48. The van der Waals surface area contributed by atoms with E-state index in [4.69, 9.17) is 9.15 Å². The SMILES string of the molecule is Cc1ccc(NC(=O)[C@H]2[C@H]3C(=O)N4[C@@H]([C@H](C)C(=O)C[C@H]4c4ccco4)[C@]34C=C[C@H]2O4)cc1. The van der Waals surface area contributed by atoms with E-state index in [2.05, 4.69) is 5.32 Å². The van der Waals surface area contributed by atoms with Crippen LogP contribution in [0.2, 0.25) is 0 Å². The van der Waals surface area contributed by atoms with E-state index in [1.807, 2.05) is 50.3 Å². The molecule has 0 radical (unpaired) electrons. The van der Waals surface area contributed by atoms with Gasteiger partial charge in [-0.05, 0) is 31.2 Å². The number of carbonyl (C=O) groups excluding carboxylic acids is 3. The Morgan fingerprint density at radius 2 is 1.97 bits per heavy atom. The zero-order valence-corrected chi connectivity index (χ0v) is 17.9. The van der Waals surface area contributed by atoms with Crippen molar-refractivity contribution in [1.82, 2.24) is 4.90 Å². The Labute approximate surface area is 185 Å². The first-order valence-corrected chi connectivity index (χ1v) is 11.0. The molecule has 4 aliphatic heterocycles. The van der Waals surface area contributed by atoms with Crippen molar-refractivity contribution in [1.29, 1.82) is 0 Å². The number of nitrogens with zero attached hydrogens (tertiary/aromatic N) is 1. The van der Waals surface area contributed by atoms with Gasteiger partial charge in [0, 0.05) is 18.0 Å². The minimum absolute atomic E-state index is 0.0727. The molecule has 164 valence electrons. The monoisotopic (exact) mass is 432 g/mol. The third-order valence-electron chi connectivity index (χ3n) is 7.57. The molecule has 2 aromatic rings. The Morgan fingerprint density at radius 3 is 2.69 bits per heavy atom. The summed E-state index contributed by atoms with van der Waals surface area (Å²) in [7, 11) is 0. The van der Waals surface area contributed by atoms with Crippen molar-refractivity contribution < 1.29 is 23.5 Å². The minimum atomic E-state index is -0.975. The third-order valence-corrected chi connectivity index (χ3v) is 7.57. The van der Waals surface area contributed by atoms with Crippen LogP contribution < -0.4 is 5.32 Å². The molecule has 4 aliphatic rings. The molecule has 1 aromatic heterocycles. The Balaban J connectivity index is 1.38. The molecule has 32 heavy (non-hydrogen) atoms. The standard InChI is InChI=1S/C25H24N2O5/c1-13-5-7-15(8-6-13)26-23(29)20-19-9-10-25(32-19)21(20)24(30)27-16(18-4-3-11-31-18)12-17(28)14(2)22(25)27/h3-11,14,16,19-22H,12H2,1-2H3,(H,26,29)/t14-,16+,19-,20-,21+,22+,25+/m1/s1. The number of Topliss-reactive ketones (excluding diaryl/α,β-unsaturated/α-hetero) is 1. The Hall–Kier alpha value is -3.19. The number of hydrogen-bond acceptors (Lipinski definition) is 5. The van der Waals surface area contributed by atoms with E-state index in [-0.39, 0.29) is 24.0 Å². The molecule has 0 unspecified atom stereocenters. The summed E-state index contributed by atoms with van der Waals surface area (Å²) in [6, 6.07) is 10.2. The van der Waals surface area contributed by atoms with Crippen molar-refractivity contribution >= 4 is 23.3 Å². The number of furan rings is 1. The molecule has 7 heteroatoms. The molecule has 2 amide bonds. The van der Waals surface area contributed by atoms with Gasteiger partial charge >= 0.3 is 0 Å². The first-order valence-electron chi connectivity index (χ1n) is 11.0. The summed E-state index contributed by atoms with van der Waals surface area (Å²) in [4.78, 5) is 41.9. The highest BCUT2D eigenvalue weighted by atomic mass is 16.5. The molecular weight excluding hydrogens is 408 g/mol. The number of nitrogens with one attached hydrogen (secondary N) is 1.